The monoisotopic (exact) mass is 335 g/mol. The zero-order valence-corrected chi connectivity index (χ0v) is 13.3. The Morgan fingerprint density at radius 2 is 2.20 bits per heavy atom. The molecule has 0 aliphatic heterocycles. The van der Waals surface area contributed by atoms with E-state index in [0.717, 1.165) is 28.7 Å². The smallest absolute Gasteiger partial charge is 0.183 e. The van der Waals surface area contributed by atoms with Crippen molar-refractivity contribution in [1.82, 2.24) is 20.2 Å². The maximum atomic E-state index is 5.95. The molecule has 0 spiro atoms. The van der Waals surface area contributed by atoms with E-state index >= 15 is 0 Å². The van der Waals surface area contributed by atoms with Gasteiger partial charge in [-0.1, -0.05) is 19.9 Å². The predicted octanol–water partition coefficient (Wildman–Crippen LogP) is 3.44. The number of halogens is 1. The van der Waals surface area contributed by atoms with Gasteiger partial charge in [0.25, 0.3) is 0 Å². The molecule has 1 aromatic heterocycles. The molecule has 0 saturated heterocycles. The molecule has 0 amide bonds. The van der Waals surface area contributed by atoms with Gasteiger partial charge in [0.1, 0.15) is 0 Å². The van der Waals surface area contributed by atoms with Crippen LogP contribution in [0.1, 0.15) is 39.2 Å². The summed E-state index contributed by atoms with van der Waals surface area (Å²) in [5.41, 5.74) is 7.95. The van der Waals surface area contributed by atoms with Crippen molar-refractivity contribution in [3.63, 3.8) is 0 Å². The van der Waals surface area contributed by atoms with Crippen molar-refractivity contribution in [1.29, 1.82) is 0 Å². The third-order valence-corrected chi connectivity index (χ3v) is 4.94. The van der Waals surface area contributed by atoms with Crippen molar-refractivity contribution >= 4 is 21.6 Å². The van der Waals surface area contributed by atoms with E-state index in [9.17, 15) is 0 Å². The number of rotatable bonds is 2. The molecular formula is C14H18BrN5. The lowest BCUT2D eigenvalue weighted by atomic mass is 9.92. The van der Waals surface area contributed by atoms with Crippen LogP contribution in [0.2, 0.25) is 0 Å². The molecule has 1 heterocycles. The molecule has 2 N–H and O–H groups in total. The van der Waals surface area contributed by atoms with Gasteiger partial charge in [-0.15, -0.1) is 5.10 Å². The second-order valence-corrected chi connectivity index (χ2v) is 7.01. The summed E-state index contributed by atoms with van der Waals surface area (Å²) < 4.78 is 2.81. The Morgan fingerprint density at radius 3 is 2.90 bits per heavy atom. The molecule has 106 valence electrons. The summed E-state index contributed by atoms with van der Waals surface area (Å²) in [5.74, 6) is 0.784. The van der Waals surface area contributed by atoms with E-state index in [4.69, 9.17) is 5.73 Å². The van der Waals surface area contributed by atoms with Gasteiger partial charge in [-0.3, -0.25) is 0 Å². The Balaban J connectivity index is 2.01. The van der Waals surface area contributed by atoms with Gasteiger partial charge < -0.3 is 5.73 Å². The average Bonchev–Trinajstić information content (AvgIpc) is 2.99. The molecule has 6 heteroatoms. The van der Waals surface area contributed by atoms with Crippen molar-refractivity contribution in [2.24, 2.45) is 5.41 Å². The molecule has 1 fully saturated rings. The first-order valence-electron chi connectivity index (χ1n) is 6.80. The summed E-state index contributed by atoms with van der Waals surface area (Å²) in [4.78, 5) is 0. The van der Waals surface area contributed by atoms with Gasteiger partial charge in [0.05, 0.1) is 10.5 Å². The molecule has 1 aliphatic rings. The maximum Gasteiger partial charge on any atom is 0.183 e. The molecule has 5 nitrogen and oxygen atoms in total. The van der Waals surface area contributed by atoms with Crippen LogP contribution in [0.3, 0.4) is 0 Å². The van der Waals surface area contributed by atoms with E-state index in [2.05, 4.69) is 45.3 Å². The third-order valence-electron chi connectivity index (χ3n) is 4.05. The quantitative estimate of drug-likeness (QED) is 0.853. The van der Waals surface area contributed by atoms with E-state index in [1.165, 1.54) is 6.42 Å². The Kier molecular flexibility index (Phi) is 3.28. The van der Waals surface area contributed by atoms with Crippen LogP contribution in [0.4, 0.5) is 5.69 Å². The summed E-state index contributed by atoms with van der Waals surface area (Å²) in [5, 5.41) is 12.3. The minimum absolute atomic E-state index is 0.362. The Bertz CT molecular complexity index is 634. The highest BCUT2D eigenvalue weighted by Gasteiger charge is 2.34. The largest absolute Gasteiger partial charge is 0.398 e. The topological polar surface area (TPSA) is 69.6 Å². The predicted molar refractivity (Wildman–Crippen MR) is 82.0 cm³/mol. The SMILES string of the molecule is CC1(C)CCC(n2nnnc2-c2cccc(N)c2Br)C1. The van der Waals surface area contributed by atoms with Gasteiger partial charge in [-0.05, 0) is 63.2 Å². The molecule has 0 radical (unpaired) electrons. The molecule has 1 unspecified atom stereocenters. The van der Waals surface area contributed by atoms with E-state index in [-0.39, 0.29) is 0 Å². The van der Waals surface area contributed by atoms with Gasteiger partial charge in [0, 0.05) is 11.3 Å². The average molecular weight is 336 g/mol. The second kappa shape index (κ2) is 4.84. The molecular weight excluding hydrogens is 318 g/mol. The standard InChI is InChI=1S/C14H18BrN5/c1-14(2)7-6-9(8-14)20-13(17-18-19-20)10-4-3-5-11(16)12(10)15/h3-5,9H,6-8,16H2,1-2H3. The van der Waals surface area contributed by atoms with Gasteiger partial charge in [-0.2, -0.15) is 0 Å². The highest BCUT2D eigenvalue weighted by Crippen LogP contribution is 2.44. The van der Waals surface area contributed by atoms with Crippen LogP contribution in [0.5, 0.6) is 0 Å². The zero-order chi connectivity index (χ0) is 14.3. The number of anilines is 1. The molecule has 3 rings (SSSR count). The molecule has 1 aliphatic carbocycles. The lowest BCUT2D eigenvalue weighted by Crippen LogP contribution is -2.12. The van der Waals surface area contributed by atoms with Crippen LogP contribution in [0.25, 0.3) is 11.4 Å². The van der Waals surface area contributed by atoms with Crippen LogP contribution in [-0.2, 0) is 0 Å². The van der Waals surface area contributed by atoms with Crippen molar-refractivity contribution in [2.45, 2.75) is 39.2 Å². The number of nitrogens with two attached hydrogens (primary N) is 1. The fourth-order valence-electron chi connectivity index (χ4n) is 2.95. The molecule has 0 bridgehead atoms. The maximum absolute atomic E-state index is 5.95. The minimum Gasteiger partial charge on any atom is -0.398 e. The van der Waals surface area contributed by atoms with E-state index in [1.54, 1.807) is 0 Å². The van der Waals surface area contributed by atoms with Crippen LogP contribution in [-0.4, -0.2) is 20.2 Å². The number of hydrogen-bond donors (Lipinski definition) is 1. The Labute approximate surface area is 126 Å². The third kappa shape index (κ3) is 2.32. The second-order valence-electron chi connectivity index (χ2n) is 6.22. The Morgan fingerprint density at radius 1 is 1.40 bits per heavy atom. The Hall–Kier alpha value is -1.43. The van der Waals surface area contributed by atoms with Gasteiger partial charge >= 0.3 is 0 Å². The molecule has 20 heavy (non-hydrogen) atoms. The van der Waals surface area contributed by atoms with Crippen molar-refractivity contribution in [3.05, 3.63) is 22.7 Å². The van der Waals surface area contributed by atoms with Gasteiger partial charge in [0.2, 0.25) is 0 Å². The van der Waals surface area contributed by atoms with Crippen LogP contribution in [0.15, 0.2) is 22.7 Å². The number of hydrogen-bond acceptors (Lipinski definition) is 4. The number of aromatic nitrogens is 4. The summed E-state index contributed by atoms with van der Waals surface area (Å²) in [7, 11) is 0. The van der Waals surface area contributed by atoms with E-state index in [0.29, 0.717) is 17.1 Å². The lowest BCUT2D eigenvalue weighted by Gasteiger charge is -2.18. The fourth-order valence-corrected chi connectivity index (χ4v) is 3.39. The normalized spacial score (nSPS) is 21.2. The molecule has 2 aromatic rings. The zero-order valence-electron chi connectivity index (χ0n) is 11.7. The van der Waals surface area contributed by atoms with Crippen LogP contribution < -0.4 is 5.73 Å². The number of nitrogen functional groups attached to an aromatic ring is 1. The van der Waals surface area contributed by atoms with Crippen molar-refractivity contribution in [2.75, 3.05) is 5.73 Å². The van der Waals surface area contributed by atoms with Crippen LogP contribution >= 0.6 is 15.9 Å². The van der Waals surface area contributed by atoms with Gasteiger partial charge in [-0.25, -0.2) is 4.68 Å². The summed E-state index contributed by atoms with van der Waals surface area (Å²) in [6.45, 7) is 4.60. The van der Waals surface area contributed by atoms with Crippen molar-refractivity contribution < 1.29 is 0 Å². The first-order valence-corrected chi connectivity index (χ1v) is 7.59. The number of tetrazole rings is 1. The molecule has 1 saturated carbocycles. The molecule has 1 atom stereocenters. The van der Waals surface area contributed by atoms with Crippen molar-refractivity contribution in [3.8, 4) is 11.4 Å². The van der Waals surface area contributed by atoms with Gasteiger partial charge in [0.15, 0.2) is 5.82 Å². The van der Waals surface area contributed by atoms with E-state index in [1.807, 2.05) is 22.9 Å². The molecule has 1 aromatic carbocycles. The summed E-state index contributed by atoms with van der Waals surface area (Å²) in [6, 6.07) is 6.14. The number of nitrogens with zero attached hydrogens (tertiary/aromatic N) is 4. The summed E-state index contributed by atoms with van der Waals surface area (Å²) in [6.07, 6.45) is 3.42. The highest BCUT2D eigenvalue weighted by atomic mass is 79.9. The first kappa shape index (κ1) is 13.5. The van der Waals surface area contributed by atoms with E-state index < -0.39 is 0 Å². The fraction of sp³-hybridized carbons (Fsp3) is 0.500. The number of benzene rings is 1. The minimum atomic E-state index is 0.362. The first-order chi connectivity index (χ1) is 9.48. The highest BCUT2D eigenvalue weighted by molar-refractivity contribution is 9.10. The summed E-state index contributed by atoms with van der Waals surface area (Å²) >= 11 is 3.53. The van der Waals surface area contributed by atoms with Crippen LogP contribution in [0, 0.1) is 5.41 Å². The lowest BCUT2D eigenvalue weighted by molar-refractivity contribution is 0.349.